The molecule has 0 heterocycles. The van der Waals surface area contributed by atoms with Crippen molar-refractivity contribution in [2.24, 2.45) is 5.92 Å². The average Bonchev–Trinajstić information content (AvgIpc) is 2.69. The lowest BCUT2D eigenvalue weighted by Gasteiger charge is -2.07. The van der Waals surface area contributed by atoms with Gasteiger partial charge in [-0.2, -0.15) is 0 Å². The Morgan fingerprint density at radius 2 is 2.17 bits per heavy atom. The molecular weight excluding hydrogens is 234 g/mol. The zero-order valence-electron chi connectivity index (χ0n) is 10.2. The molecular formula is C13H15NO4. The Labute approximate surface area is 105 Å². The van der Waals surface area contributed by atoms with Crippen LogP contribution in [-0.2, 0) is 22.4 Å². The van der Waals surface area contributed by atoms with Crippen LogP contribution in [0, 0.1) is 16.0 Å². The minimum atomic E-state index is -0.390. The van der Waals surface area contributed by atoms with Crippen LogP contribution in [0.3, 0.4) is 0 Å². The van der Waals surface area contributed by atoms with Gasteiger partial charge in [-0.05, 0) is 36.8 Å². The number of carbonyl (C=O) groups is 1. The van der Waals surface area contributed by atoms with Gasteiger partial charge in [-0.25, -0.2) is 0 Å². The topological polar surface area (TPSA) is 69.4 Å². The van der Waals surface area contributed by atoms with Gasteiger partial charge in [0.25, 0.3) is 5.69 Å². The highest BCUT2D eigenvalue weighted by Gasteiger charge is 2.25. The van der Waals surface area contributed by atoms with Crippen LogP contribution >= 0.6 is 0 Å². The minimum absolute atomic E-state index is 0.116. The van der Waals surface area contributed by atoms with Crippen LogP contribution in [0.5, 0.6) is 0 Å². The molecule has 1 atom stereocenters. The largest absolute Gasteiger partial charge is 0.466 e. The molecule has 0 radical (unpaired) electrons. The molecule has 1 aromatic carbocycles. The van der Waals surface area contributed by atoms with Gasteiger partial charge in [-0.1, -0.05) is 6.07 Å². The molecule has 5 nitrogen and oxygen atoms in total. The van der Waals surface area contributed by atoms with Gasteiger partial charge in [-0.15, -0.1) is 0 Å². The van der Waals surface area contributed by atoms with Crippen molar-refractivity contribution in [1.29, 1.82) is 0 Å². The number of hydrogen-bond acceptors (Lipinski definition) is 4. The van der Waals surface area contributed by atoms with Crippen molar-refractivity contribution in [1.82, 2.24) is 0 Å². The highest BCUT2D eigenvalue weighted by molar-refractivity contribution is 5.70. The van der Waals surface area contributed by atoms with Crippen molar-refractivity contribution in [3.05, 3.63) is 39.4 Å². The molecule has 18 heavy (non-hydrogen) atoms. The standard InChI is InChI=1S/C13H15NO4/c1-2-18-13(15)7-9-5-10-3-4-12(14(16)17)8-11(10)6-9/h3-4,8-9H,2,5-7H2,1H3. The maximum atomic E-state index is 11.4. The van der Waals surface area contributed by atoms with E-state index in [1.807, 2.05) is 0 Å². The molecule has 0 N–H and O–H groups in total. The fourth-order valence-corrected chi connectivity index (χ4v) is 2.41. The number of fused-ring (bicyclic) bond motifs is 1. The monoisotopic (exact) mass is 249 g/mol. The summed E-state index contributed by atoms with van der Waals surface area (Å²) in [5, 5.41) is 10.7. The fraction of sp³-hybridized carbons (Fsp3) is 0.462. The summed E-state index contributed by atoms with van der Waals surface area (Å²) in [5.41, 5.74) is 2.21. The fourth-order valence-electron chi connectivity index (χ4n) is 2.41. The van der Waals surface area contributed by atoms with Crippen molar-refractivity contribution in [3.63, 3.8) is 0 Å². The Morgan fingerprint density at radius 1 is 1.44 bits per heavy atom. The molecule has 0 fully saturated rings. The van der Waals surface area contributed by atoms with E-state index in [4.69, 9.17) is 4.74 Å². The zero-order valence-corrected chi connectivity index (χ0v) is 10.2. The van der Waals surface area contributed by atoms with Crippen LogP contribution < -0.4 is 0 Å². The smallest absolute Gasteiger partial charge is 0.306 e. The predicted octanol–water partition coefficient (Wildman–Crippen LogP) is 2.26. The number of esters is 1. The number of nitro benzene ring substituents is 1. The Hall–Kier alpha value is -1.91. The number of nitrogens with zero attached hydrogens (tertiary/aromatic N) is 1. The molecule has 0 spiro atoms. The van der Waals surface area contributed by atoms with E-state index in [2.05, 4.69) is 0 Å². The molecule has 0 saturated heterocycles. The summed E-state index contributed by atoms with van der Waals surface area (Å²) in [5.74, 6) is 0.0193. The molecule has 0 aromatic heterocycles. The number of ether oxygens (including phenoxy) is 1. The van der Waals surface area contributed by atoms with E-state index in [0.29, 0.717) is 13.0 Å². The van der Waals surface area contributed by atoms with Gasteiger partial charge in [-0.3, -0.25) is 14.9 Å². The summed E-state index contributed by atoms with van der Waals surface area (Å²) in [6.07, 6.45) is 1.90. The van der Waals surface area contributed by atoms with Gasteiger partial charge in [0.2, 0.25) is 0 Å². The third-order valence-corrected chi connectivity index (χ3v) is 3.18. The normalized spacial score (nSPS) is 17.3. The maximum Gasteiger partial charge on any atom is 0.306 e. The Morgan fingerprint density at radius 3 is 2.83 bits per heavy atom. The quantitative estimate of drug-likeness (QED) is 0.466. The van der Waals surface area contributed by atoms with Crippen LogP contribution in [0.1, 0.15) is 24.5 Å². The average molecular weight is 249 g/mol. The van der Waals surface area contributed by atoms with Crippen LogP contribution in [0.15, 0.2) is 18.2 Å². The van der Waals surface area contributed by atoms with Crippen LogP contribution in [-0.4, -0.2) is 17.5 Å². The molecule has 1 unspecified atom stereocenters. The maximum absolute atomic E-state index is 11.4. The Bertz CT molecular complexity index is 484. The second kappa shape index (κ2) is 5.16. The second-order valence-corrected chi connectivity index (χ2v) is 4.49. The first kappa shape index (κ1) is 12.5. The zero-order chi connectivity index (χ0) is 13.1. The lowest BCUT2D eigenvalue weighted by Crippen LogP contribution is -2.11. The van der Waals surface area contributed by atoms with E-state index < -0.39 is 0 Å². The van der Waals surface area contributed by atoms with E-state index in [1.165, 1.54) is 6.07 Å². The molecule has 1 aliphatic carbocycles. The number of nitro groups is 1. The first-order valence-corrected chi connectivity index (χ1v) is 6.02. The summed E-state index contributed by atoms with van der Waals surface area (Å²) in [4.78, 5) is 21.7. The summed E-state index contributed by atoms with van der Waals surface area (Å²) >= 11 is 0. The molecule has 1 aromatic rings. The Balaban J connectivity index is 2.04. The predicted molar refractivity (Wildman–Crippen MR) is 65.2 cm³/mol. The summed E-state index contributed by atoms with van der Waals surface area (Å²) in [6.45, 7) is 2.18. The summed E-state index contributed by atoms with van der Waals surface area (Å²) in [6, 6.07) is 4.92. The minimum Gasteiger partial charge on any atom is -0.466 e. The van der Waals surface area contributed by atoms with Crippen LogP contribution in [0.2, 0.25) is 0 Å². The van der Waals surface area contributed by atoms with Crippen molar-refractivity contribution < 1.29 is 14.5 Å². The van der Waals surface area contributed by atoms with Crippen molar-refractivity contribution in [3.8, 4) is 0 Å². The number of rotatable bonds is 4. The van der Waals surface area contributed by atoms with Crippen molar-refractivity contribution >= 4 is 11.7 Å². The number of hydrogen-bond donors (Lipinski definition) is 0. The van der Waals surface area contributed by atoms with E-state index in [9.17, 15) is 14.9 Å². The van der Waals surface area contributed by atoms with Crippen LogP contribution in [0.25, 0.3) is 0 Å². The highest BCUT2D eigenvalue weighted by atomic mass is 16.6. The SMILES string of the molecule is CCOC(=O)CC1Cc2ccc([N+](=O)[O-])cc2C1. The van der Waals surface area contributed by atoms with Gasteiger partial charge < -0.3 is 4.74 Å². The van der Waals surface area contributed by atoms with Crippen molar-refractivity contribution in [2.75, 3.05) is 6.61 Å². The molecule has 5 heteroatoms. The third-order valence-electron chi connectivity index (χ3n) is 3.18. The van der Waals surface area contributed by atoms with Gasteiger partial charge in [0.15, 0.2) is 0 Å². The number of non-ortho nitro benzene ring substituents is 1. The second-order valence-electron chi connectivity index (χ2n) is 4.49. The van der Waals surface area contributed by atoms with Gasteiger partial charge >= 0.3 is 5.97 Å². The lowest BCUT2D eigenvalue weighted by atomic mass is 10.0. The number of carbonyl (C=O) groups excluding carboxylic acids is 1. The number of benzene rings is 1. The molecule has 0 saturated carbocycles. The van der Waals surface area contributed by atoms with E-state index in [0.717, 1.165) is 24.0 Å². The van der Waals surface area contributed by atoms with E-state index in [1.54, 1.807) is 19.1 Å². The van der Waals surface area contributed by atoms with E-state index >= 15 is 0 Å². The molecule has 96 valence electrons. The molecule has 0 amide bonds. The molecule has 0 bridgehead atoms. The molecule has 2 rings (SSSR count). The highest BCUT2D eigenvalue weighted by Crippen LogP contribution is 2.31. The summed E-state index contributed by atoms with van der Waals surface area (Å²) in [7, 11) is 0. The van der Waals surface area contributed by atoms with Gasteiger partial charge in [0, 0.05) is 18.6 Å². The first-order valence-electron chi connectivity index (χ1n) is 6.02. The van der Waals surface area contributed by atoms with E-state index in [-0.39, 0.29) is 22.5 Å². The summed E-state index contributed by atoms with van der Waals surface area (Å²) < 4.78 is 4.92. The van der Waals surface area contributed by atoms with Crippen molar-refractivity contribution in [2.45, 2.75) is 26.2 Å². The van der Waals surface area contributed by atoms with Crippen LogP contribution in [0.4, 0.5) is 5.69 Å². The van der Waals surface area contributed by atoms with Gasteiger partial charge in [0.1, 0.15) is 0 Å². The molecule has 0 aliphatic heterocycles. The third kappa shape index (κ3) is 2.67. The Kier molecular flexibility index (Phi) is 3.60. The van der Waals surface area contributed by atoms with Gasteiger partial charge in [0.05, 0.1) is 11.5 Å². The molecule has 1 aliphatic rings. The first-order chi connectivity index (χ1) is 8.60. The lowest BCUT2D eigenvalue weighted by molar-refractivity contribution is -0.384.